The predicted molar refractivity (Wildman–Crippen MR) is 80.1 cm³/mol. The first-order valence-corrected chi connectivity index (χ1v) is 7.60. The van der Waals surface area contributed by atoms with E-state index in [1.54, 1.807) is 6.92 Å². The third kappa shape index (κ3) is 4.62. The molecule has 132 valence electrons. The number of alkyl halides is 3. The number of carbonyl (C=O) groups excluding carboxylic acids is 2. The fraction of sp³-hybridized carbons (Fsp3) is 0.500. The second-order valence-corrected chi connectivity index (χ2v) is 5.72. The van der Waals surface area contributed by atoms with Crippen molar-refractivity contribution in [2.45, 2.75) is 45.1 Å². The molecular formula is C16H19F3N2O3. The Kier molecular flexibility index (Phi) is 5.36. The van der Waals surface area contributed by atoms with Gasteiger partial charge >= 0.3 is 6.36 Å². The number of likely N-dealkylation sites (tertiary alicyclic amines) is 1. The average Bonchev–Trinajstić information content (AvgIpc) is 2.96. The molecule has 8 heteroatoms. The molecule has 2 rings (SSSR count). The van der Waals surface area contributed by atoms with Gasteiger partial charge in [0.1, 0.15) is 11.8 Å². The van der Waals surface area contributed by atoms with Crippen molar-refractivity contribution in [2.24, 2.45) is 0 Å². The predicted octanol–water partition coefficient (Wildman–Crippen LogP) is 2.77. The van der Waals surface area contributed by atoms with Crippen LogP contribution in [-0.2, 0) is 9.59 Å². The Morgan fingerprint density at radius 3 is 2.46 bits per heavy atom. The molecule has 0 saturated carbocycles. The molecule has 0 aliphatic carbocycles. The fourth-order valence-corrected chi connectivity index (χ4v) is 2.77. The second-order valence-electron chi connectivity index (χ2n) is 5.72. The minimum absolute atomic E-state index is 0.144. The summed E-state index contributed by atoms with van der Waals surface area (Å²) in [6.07, 6.45) is -3.36. The SMILES string of the molecule is CC(=O)N1CCCC1C(=O)NC(C)c1ccc(OC(F)(F)F)cc1. The summed E-state index contributed by atoms with van der Waals surface area (Å²) in [7, 11) is 0. The van der Waals surface area contributed by atoms with E-state index >= 15 is 0 Å². The lowest BCUT2D eigenvalue weighted by Crippen LogP contribution is -2.45. The number of hydrogen-bond acceptors (Lipinski definition) is 3. The highest BCUT2D eigenvalue weighted by Gasteiger charge is 2.33. The number of nitrogens with one attached hydrogen (secondary N) is 1. The molecule has 1 aromatic rings. The van der Waals surface area contributed by atoms with Crippen LogP contribution in [0.15, 0.2) is 24.3 Å². The Hall–Kier alpha value is -2.25. The van der Waals surface area contributed by atoms with Crippen molar-refractivity contribution in [2.75, 3.05) is 6.54 Å². The van der Waals surface area contributed by atoms with E-state index < -0.39 is 18.4 Å². The van der Waals surface area contributed by atoms with Gasteiger partial charge in [0.15, 0.2) is 0 Å². The van der Waals surface area contributed by atoms with Gasteiger partial charge in [-0.1, -0.05) is 12.1 Å². The van der Waals surface area contributed by atoms with Gasteiger partial charge in [0, 0.05) is 13.5 Å². The molecule has 1 aliphatic heterocycles. The number of hydrogen-bond donors (Lipinski definition) is 1. The molecule has 2 unspecified atom stereocenters. The van der Waals surface area contributed by atoms with Gasteiger partial charge in [-0.25, -0.2) is 0 Å². The van der Waals surface area contributed by atoms with E-state index in [0.717, 1.165) is 6.42 Å². The zero-order chi connectivity index (χ0) is 17.9. The maximum absolute atomic E-state index is 12.3. The highest BCUT2D eigenvalue weighted by Crippen LogP contribution is 2.25. The van der Waals surface area contributed by atoms with Gasteiger partial charge in [0.2, 0.25) is 11.8 Å². The minimum atomic E-state index is -4.74. The number of ether oxygens (including phenoxy) is 1. The average molecular weight is 344 g/mol. The van der Waals surface area contributed by atoms with Crippen LogP contribution in [0.1, 0.15) is 38.3 Å². The first-order chi connectivity index (χ1) is 11.2. The van der Waals surface area contributed by atoms with Crippen LogP contribution >= 0.6 is 0 Å². The number of halogens is 3. The Morgan fingerprint density at radius 1 is 1.29 bits per heavy atom. The van der Waals surface area contributed by atoms with Crippen molar-refractivity contribution in [3.05, 3.63) is 29.8 Å². The molecular weight excluding hydrogens is 325 g/mol. The molecule has 1 fully saturated rings. The van der Waals surface area contributed by atoms with Gasteiger partial charge in [0.25, 0.3) is 0 Å². The second kappa shape index (κ2) is 7.11. The van der Waals surface area contributed by atoms with Crippen LogP contribution in [0, 0.1) is 0 Å². The van der Waals surface area contributed by atoms with E-state index in [1.165, 1.54) is 36.1 Å². The standard InChI is InChI=1S/C16H19F3N2O3/c1-10(12-5-7-13(8-6-12)24-16(17,18)19)20-15(23)14-4-3-9-21(14)11(2)22/h5-8,10,14H,3-4,9H2,1-2H3,(H,20,23). The summed E-state index contributed by atoms with van der Waals surface area (Å²) in [5.74, 6) is -0.719. The number of benzene rings is 1. The summed E-state index contributed by atoms with van der Waals surface area (Å²) in [5, 5.41) is 2.79. The maximum Gasteiger partial charge on any atom is 0.573 e. The van der Waals surface area contributed by atoms with E-state index in [9.17, 15) is 22.8 Å². The first-order valence-electron chi connectivity index (χ1n) is 7.60. The lowest BCUT2D eigenvalue weighted by Gasteiger charge is -2.24. The van der Waals surface area contributed by atoms with Crippen molar-refractivity contribution < 1.29 is 27.5 Å². The lowest BCUT2D eigenvalue weighted by atomic mass is 10.1. The molecule has 1 aromatic carbocycles. The molecule has 0 aromatic heterocycles. The lowest BCUT2D eigenvalue weighted by molar-refractivity contribution is -0.274. The molecule has 1 saturated heterocycles. The summed E-state index contributed by atoms with van der Waals surface area (Å²) < 4.78 is 40.2. The van der Waals surface area contributed by atoms with Crippen LogP contribution in [0.3, 0.4) is 0 Å². The molecule has 0 radical (unpaired) electrons. The Bertz CT molecular complexity index is 602. The van der Waals surface area contributed by atoms with Crippen LogP contribution in [0.25, 0.3) is 0 Å². The monoisotopic (exact) mass is 344 g/mol. The van der Waals surface area contributed by atoms with Crippen molar-refractivity contribution in [1.82, 2.24) is 10.2 Å². The Morgan fingerprint density at radius 2 is 1.92 bits per heavy atom. The van der Waals surface area contributed by atoms with Crippen LogP contribution in [0.5, 0.6) is 5.75 Å². The van der Waals surface area contributed by atoms with Gasteiger partial charge in [-0.2, -0.15) is 0 Å². The topological polar surface area (TPSA) is 58.6 Å². The largest absolute Gasteiger partial charge is 0.573 e. The van der Waals surface area contributed by atoms with Crippen molar-refractivity contribution in [3.63, 3.8) is 0 Å². The zero-order valence-corrected chi connectivity index (χ0v) is 13.4. The summed E-state index contributed by atoms with van der Waals surface area (Å²) in [6, 6.07) is 4.43. The van der Waals surface area contributed by atoms with E-state index in [2.05, 4.69) is 10.1 Å². The molecule has 1 heterocycles. The number of nitrogens with zero attached hydrogens (tertiary/aromatic N) is 1. The number of carbonyl (C=O) groups is 2. The van der Waals surface area contributed by atoms with Gasteiger partial charge in [-0.15, -0.1) is 13.2 Å². The first kappa shape index (κ1) is 18.1. The zero-order valence-electron chi connectivity index (χ0n) is 13.4. The van der Waals surface area contributed by atoms with Crippen LogP contribution < -0.4 is 10.1 Å². The molecule has 2 amide bonds. The highest BCUT2D eigenvalue weighted by molar-refractivity contribution is 5.87. The fourth-order valence-electron chi connectivity index (χ4n) is 2.77. The van der Waals surface area contributed by atoms with Gasteiger partial charge < -0.3 is 15.0 Å². The van der Waals surface area contributed by atoms with Gasteiger partial charge in [0.05, 0.1) is 6.04 Å². The Labute approximate surface area is 137 Å². The summed E-state index contributed by atoms with van der Waals surface area (Å²) in [4.78, 5) is 25.4. The maximum atomic E-state index is 12.3. The van der Waals surface area contributed by atoms with Crippen molar-refractivity contribution >= 4 is 11.8 Å². The molecule has 2 atom stereocenters. The summed E-state index contributed by atoms with van der Waals surface area (Å²) in [5.41, 5.74) is 0.644. The molecule has 5 nitrogen and oxygen atoms in total. The van der Waals surface area contributed by atoms with E-state index in [0.29, 0.717) is 18.5 Å². The minimum Gasteiger partial charge on any atom is -0.406 e. The third-order valence-corrected chi connectivity index (χ3v) is 3.93. The van der Waals surface area contributed by atoms with E-state index in [4.69, 9.17) is 0 Å². The molecule has 0 spiro atoms. The van der Waals surface area contributed by atoms with Crippen LogP contribution in [-0.4, -0.2) is 35.7 Å². The molecule has 0 bridgehead atoms. The highest BCUT2D eigenvalue weighted by atomic mass is 19.4. The molecule has 1 N–H and O–H groups in total. The van der Waals surface area contributed by atoms with Crippen LogP contribution in [0.2, 0.25) is 0 Å². The molecule has 24 heavy (non-hydrogen) atoms. The van der Waals surface area contributed by atoms with Crippen LogP contribution in [0.4, 0.5) is 13.2 Å². The van der Waals surface area contributed by atoms with Crippen molar-refractivity contribution in [3.8, 4) is 5.75 Å². The quantitative estimate of drug-likeness (QED) is 0.914. The number of amides is 2. The Balaban J connectivity index is 1.98. The molecule has 1 aliphatic rings. The van der Waals surface area contributed by atoms with Crippen molar-refractivity contribution in [1.29, 1.82) is 0 Å². The smallest absolute Gasteiger partial charge is 0.406 e. The summed E-state index contributed by atoms with van der Waals surface area (Å²) >= 11 is 0. The summed E-state index contributed by atoms with van der Waals surface area (Å²) in [6.45, 7) is 3.71. The van der Waals surface area contributed by atoms with E-state index in [1.807, 2.05) is 0 Å². The normalized spacial score (nSPS) is 19.0. The number of rotatable bonds is 4. The van der Waals surface area contributed by atoms with Gasteiger partial charge in [-0.3, -0.25) is 9.59 Å². The van der Waals surface area contributed by atoms with Gasteiger partial charge in [-0.05, 0) is 37.5 Å². The third-order valence-electron chi connectivity index (χ3n) is 3.93. The van der Waals surface area contributed by atoms with E-state index in [-0.39, 0.29) is 17.6 Å².